The second-order valence-electron chi connectivity index (χ2n) is 3.72. The van der Waals surface area contributed by atoms with Crippen molar-refractivity contribution in [1.29, 1.82) is 0 Å². The molecule has 0 saturated heterocycles. The molecule has 2 nitrogen and oxygen atoms in total. The predicted molar refractivity (Wildman–Crippen MR) is 83.9 cm³/mol. The minimum Gasteiger partial charge on any atom is -0.493 e. The molecule has 0 aliphatic heterocycles. The molecule has 1 aromatic heterocycles. The van der Waals surface area contributed by atoms with E-state index < -0.39 is 0 Å². The monoisotopic (exact) mass is 380 g/mol. The van der Waals surface area contributed by atoms with Crippen molar-refractivity contribution in [2.75, 3.05) is 7.11 Å². The average molecular weight is 382 g/mol. The standard InChI is InChI=1S/C13H11BrCl2O2S/c1-17-11-5-8(6-15)4-10(16)13(11)18-7-12-9(14)2-3-19-12/h2-5H,6-7H2,1H3. The molecule has 0 bridgehead atoms. The van der Waals surface area contributed by atoms with Crippen LogP contribution in [0.1, 0.15) is 10.4 Å². The molecular formula is C13H11BrCl2O2S. The van der Waals surface area contributed by atoms with E-state index in [9.17, 15) is 0 Å². The van der Waals surface area contributed by atoms with Crippen molar-refractivity contribution >= 4 is 50.5 Å². The third-order valence-electron chi connectivity index (χ3n) is 2.48. The Hall–Kier alpha value is -0.420. The van der Waals surface area contributed by atoms with Gasteiger partial charge < -0.3 is 9.47 Å². The summed E-state index contributed by atoms with van der Waals surface area (Å²) in [5, 5.41) is 2.50. The van der Waals surface area contributed by atoms with Crippen molar-refractivity contribution in [1.82, 2.24) is 0 Å². The number of thiophene rings is 1. The van der Waals surface area contributed by atoms with Gasteiger partial charge in [0, 0.05) is 10.4 Å². The Labute approximate surface area is 134 Å². The van der Waals surface area contributed by atoms with Crippen molar-refractivity contribution in [2.45, 2.75) is 12.5 Å². The zero-order valence-electron chi connectivity index (χ0n) is 10.1. The quantitative estimate of drug-likeness (QED) is 0.637. The summed E-state index contributed by atoms with van der Waals surface area (Å²) in [4.78, 5) is 1.10. The zero-order valence-corrected chi connectivity index (χ0v) is 14.0. The van der Waals surface area contributed by atoms with Crippen molar-refractivity contribution < 1.29 is 9.47 Å². The van der Waals surface area contributed by atoms with Gasteiger partial charge in [0.2, 0.25) is 0 Å². The van der Waals surface area contributed by atoms with E-state index in [0.29, 0.717) is 29.0 Å². The molecule has 1 aromatic carbocycles. The van der Waals surface area contributed by atoms with E-state index in [0.717, 1.165) is 14.9 Å². The van der Waals surface area contributed by atoms with Crippen molar-refractivity contribution in [3.05, 3.63) is 43.5 Å². The first-order valence-corrected chi connectivity index (χ1v) is 8.01. The predicted octanol–water partition coefficient (Wildman–Crippen LogP) is 5.49. The van der Waals surface area contributed by atoms with E-state index in [4.69, 9.17) is 32.7 Å². The molecule has 0 amide bonds. The second-order valence-corrected chi connectivity index (χ2v) is 6.25. The minimum absolute atomic E-state index is 0.382. The van der Waals surface area contributed by atoms with Crippen LogP contribution in [0.5, 0.6) is 11.5 Å². The van der Waals surface area contributed by atoms with Crippen molar-refractivity contribution in [2.24, 2.45) is 0 Å². The van der Waals surface area contributed by atoms with E-state index in [1.807, 2.05) is 17.5 Å². The summed E-state index contributed by atoms with van der Waals surface area (Å²) in [6, 6.07) is 5.60. The first-order valence-electron chi connectivity index (χ1n) is 5.42. The fourth-order valence-corrected chi connectivity index (χ4v) is 3.38. The number of hydrogen-bond acceptors (Lipinski definition) is 3. The van der Waals surface area contributed by atoms with Crippen LogP contribution in [0.4, 0.5) is 0 Å². The van der Waals surface area contributed by atoms with E-state index >= 15 is 0 Å². The molecule has 0 N–H and O–H groups in total. The highest BCUT2D eigenvalue weighted by atomic mass is 79.9. The van der Waals surface area contributed by atoms with Gasteiger partial charge in [-0.2, -0.15) is 0 Å². The van der Waals surface area contributed by atoms with Crippen LogP contribution in [0, 0.1) is 0 Å². The van der Waals surface area contributed by atoms with Gasteiger partial charge in [-0.25, -0.2) is 0 Å². The lowest BCUT2D eigenvalue weighted by Crippen LogP contribution is -1.98. The zero-order chi connectivity index (χ0) is 13.8. The van der Waals surface area contributed by atoms with Crippen molar-refractivity contribution in [3.8, 4) is 11.5 Å². The first kappa shape index (κ1) is 15.0. The van der Waals surface area contributed by atoms with Crippen LogP contribution in [-0.2, 0) is 12.5 Å². The SMILES string of the molecule is COc1cc(CCl)cc(Cl)c1OCc1sccc1Br. The summed E-state index contributed by atoms with van der Waals surface area (Å²) in [5.41, 5.74) is 0.896. The minimum atomic E-state index is 0.382. The molecule has 6 heteroatoms. The fraction of sp³-hybridized carbons (Fsp3) is 0.231. The molecule has 0 aliphatic carbocycles. The summed E-state index contributed by atoms with van der Waals surface area (Å²) in [6.45, 7) is 0.439. The number of rotatable bonds is 5. The van der Waals surface area contributed by atoms with Gasteiger partial charge in [0.15, 0.2) is 11.5 Å². The lowest BCUT2D eigenvalue weighted by atomic mass is 10.2. The molecular weight excluding hydrogens is 371 g/mol. The number of ether oxygens (including phenoxy) is 2. The van der Waals surface area contributed by atoms with Crippen LogP contribution in [0.3, 0.4) is 0 Å². The maximum absolute atomic E-state index is 6.20. The summed E-state index contributed by atoms with van der Waals surface area (Å²) in [6.07, 6.45) is 0. The average Bonchev–Trinajstić information content (AvgIpc) is 2.82. The lowest BCUT2D eigenvalue weighted by molar-refractivity contribution is 0.287. The Morgan fingerprint density at radius 1 is 1.37 bits per heavy atom. The summed E-state index contributed by atoms with van der Waals surface area (Å²) >= 11 is 17.1. The molecule has 2 rings (SSSR count). The van der Waals surface area contributed by atoms with Gasteiger partial charge in [-0.1, -0.05) is 11.6 Å². The van der Waals surface area contributed by atoms with Gasteiger partial charge >= 0.3 is 0 Å². The Kier molecular flexibility index (Phi) is 5.39. The van der Waals surface area contributed by atoms with E-state index in [1.165, 1.54) is 0 Å². The van der Waals surface area contributed by atoms with Gasteiger partial charge in [0.25, 0.3) is 0 Å². The van der Waals surface area contributed by atoms with Gasteiger partial charge in [-0.3, -0.25) is 0 Å². The summed E-state index contributed by atoms with van der Waals surface area (Å²) in [7, 11) is 1.58. The summed E-state index contributed by atoms with van der Waals surface area (Å²) < 4.78 is 12.1. The Morgan fingerprint density at radius 2 is 2.16 bits per heavy atom. The molecule has 0 saturated carbocycles. The van der Waals surface area contributed by atoms with Crippen LogP contribution >= 0.6 is 50.5 Å². The highest BCUT2D eigenvalue weighted by Crippen LogP contribution is 2.38. The Balaban J connectivity index is 2.22. The third kappa shape index (κ3) is 3.57. The van der Waals surface area contributed by atoms with Crippen LogP contribution in [0.25, 0.3) is 0 Å². The lowest BCUT2D eigenvalue weighted by Gasteiger charge is -2.13. The normalized spacial score (nSPS) is 10.5. The number of methoxy groups -OCH3 is 1. The molecule has 2 aromatic rings. The molecule has 0 spiro atoms. The summed E-state index contributed by atoms with van der Waals surface area (Å²) in [5.74, 6) is 1.52. The molecule has 0 atom stereocenters. The van der Waals surface area contributed by atoms with Gasteiger partial charge in [-0.05, 0) is 45.1 Å². The van der Waals surface area contributed by atoms with Crippen LogP contribution < -0.4 is 9.47 Å². The number of halogens is 3. The first-order chi connectivity index (χ1) is 9.15. The molecule has 0 fully saturated rings. The topological polar surface area (TPSA) is 18.5 Å². The Morgan fingerprint density at radius 3 is 2.74 bits per heavy atom. The molecule has 0 radical (unpaired) electrons. The number of alkyl halides is 1. The Bertz CT molecular complexity index is 572. The molecule has 0 unspecified atom stereocenters. The van der Waals surface area contributed by atoms with Crippen LogP contribution in [0.15, 0.2) is 28.1 Å². The van der Waals surface area contributed by atoms with Crippen LogP contribution in [-0.4, -0.2) is 7.11 Å². The van der Waals surface area contributed by atoms with Gasteiger partial charge in [-0.15, -0.1) is 22.9 Å². The maximum atomic E-state index is 6.20. The van der Waals surface area contributed by atoms with Gasteiger partial charge in [0.05, 0.1) is 17.0 Å². The highest BCUT2D eigenvalue weighted by molar-refractivity contribution is 9.10. The van der Waals surface area contributed by atoms with Crippen molar-refractivity contribution in [3.63, 3.8) is 0 Å². The fourth-order valence-electron chi connectivity index (χ4n) is 1.56. The van der Waals surface area contributed by atoms with Gasteiger partial charge in [0.1, 0.15) is 6.61 Å². The van der Waals surface area contributed by atoms with E-state index in [1.54, 1.807) is 24.5 Å². The highest BCUT2D eigenvalue weighted by Gasteiger charge is 2.13. The molecule has 19 heavy (non-hydrogen) atoms. The molecule has 102 valence electrons. The largest absolute Gasteiger partial charge is 0.493 e. The maximum Gasteiger partial charge on any atom is 0.180 e. The van der Waals surface area contributed by atoms with E-state index in [-0.39, 0.29) is 0 Å². The third-order valence-corrected chi connectivity index (χ3v) is 4.97. The van der Waals surface area contributed by atoms with Crippen LogP contribution in [0.2, 0.25) is 5.02 Å². The number of benzene rings is 1. The smallest absolute Gasteiger partial charge is 0.180 e. The molecule has 0 aliphatic rings. The second kappa shape index (κ2) is 6.84. The number of hydrogen-bond donors (Lipinski definition) is 0. The molecule has 1 heterocycles. The van der Waals surface area contributed by atoms with E-state index in [2.05, 4.69) is 15.9 Å².